The molecule has 0 fully saturated rings. The third kappa shape index (κ3) is 5.56. The third-order valence-electron chi connectivity index (χ3n) is 3.30. The van der Waals surface area contributed by atoms with Gasteiger partial charge in [0.2, 0.25) is 0 Å². The van der Waals surface area contributed by atoms with Crippen LogP contribution in [0.4, 0.5) is 4.79 Å². The van der Waals surface area contributed by atoms with Gasteiger partial charge in [-0.3, -0.25) is 0 Å². The highest BCUT2D eigenvalue weighted by atomic mass is 32.1. The molecule has 1 unspecified atom stereocenters. The van der Waals surface area contributed by atoms with E-state index in [0.29, 0.717) is 13.2 Å². The normalized spacial score (nSPS) is 11.8. The Morgan fingerprint density at radius 2 is 2.04 bits per heavy atom. The lowest BCUT2D eigenvalue weighted by atomic mass is 10.2. The number of amides is 2. The summed E-state index contributed by atoms with van der Waals surface area (Å²) in [5.74, 6) is 0.810. The maximum atomic E-state index is 12.2. The van der Waals surface area contributed by atoms with Crippen LogP contribution in [0.3, 0.4) is 0 Å². The number of carbonyl (C=O) groups is 1. The number of aryl methyl sites for hydroxylation is 2. The van der Waals surface area contributed by atoms with Crippen molar-refractivity contribution in [3.8, 4) is 5.75 Å². The summed E-state index contributed by atoms with van der Waals surface area (Å²) >= 11 is 1.60. The minimum atomic E-state index is -0.115. The monoisotopic (exact) mass is 333 g/mol. The molecule has 1 aromatic heterocycles. The predicted molar refractivity (Wildman–Crippen MR) is 93.0 cm³/mol. The fraction of sp³-hybridized carbons (Fsp3) is 0.412. The number of rotatable bonds is 6. The lowest BCUT2D eigenvalue weighted by molar-refractivity contribution is 0.195. The zero-order chi connectivity index (χ0) is 16.8. The molecule has 0 saturated carbocycles. The summed E-state index contributed by atoms with van der Waals surface area (Å²) in [6.45, 7) is 6.91. The number of hydrogen-bond acceptors (Lipinski definition) is 4. The number of thiazole rings is 1. The quantitative estimate of drug-likeness (QED) is 0.882. The summed E-state index contributed by atoms with van der Waals surface area (Å²) in [6, 6.07) is 7.68. The van der Waals surface area contributed by atoms with Crippen molar-refractivity contribution in [3.63, 3.8) is 0 Å². The van der Waals surface area contributed by atoms with Gasteiger partial charge in [0, 0.05) is 18.1 Å². The van der Waals surface area contributed by atoms with E-state index in [-0.39, 0.29) is 12.1 Å². The van der Waals surface area contributed by atoms with Crippen molar-refractivity contribution < 1.29 is 9.53 Å². The summed E-state index contributed by atoms with van der Waals surface area (Å²) in [4.78, 5) is 19.1. The van der Waals surface area contributed by atoms with Crippen LogP contribution < -0.4 is 10.1 Å². The maximum Gasteiger partial charge on any atom is 0.317 e. The van der Waals surface area contributed by atoms with E-state index in [4.69, 9.17) is 4.74 Å². The second-order valence-electron chi connectivity index (χ2n) is 5.68. The smallest absolute Gasteiger partial charge is 0.317 e. The van der Waals surface area contributed by atoms with Crippen LogP contribution in [0.2, 0.25) is 0 Å². The van der Waals surface area contributed by atoms with Gasteiger partial charge in [0.05, 0.1) is 17.6 Å². The van der Waals surface area contributed by atoms with Crippen molar-refractivity contribution in [2.24, 2.45) is 0 Å². The van der Waals surface area contributed by atoms with E-state index in [0.717, 1.165) is 15.6 Å². The lowest BCUT2D eigenvalue weighted by Gasteiger charge is -2.21. The van der Waals surface area contributed by atoms with Gasteiger partial charge in [0.25, 0.3) is 0 Å². The van der Waals surface area contributed by atoms with Crippen LogP contribution in [0.1, 0.15) is 22.4 Å². The van der Waals surface area contributed by atoms with Crippen molar-refractivity contribution in [1.82, 2.24) is 15.2 Å². The van der Waals surface area contributed by atoms with Crippen molar-refractivity contribution in [2.75, 3.05) is 13.7 Å². The summed E-state index contributed by atoms with van der Waals surface area (Å²) in [5, 5.41) is 3.94. The molecular weight excluding hydrogens is 310 g/mol. The largest absolute Gasteiger partial charge is 0.491 e. The topological polar surface area (TPSA) is 54.5 Å². The molecule has 0 aliphatic heterocycles. The number of nitrogens with one attached hydrogen (secondary N) is 1. The van der Waals surface area contributed by atoms with Crippen LogP contribution in [0.25, 0.3) is 0 Å². The first kappa shape index (κ1) is 17.3. The summed E-state index contributed by atoms with van der Waals surface area (Å²) in [6.07, 6.45) is 1.81. The molecule has 124 valence electrons. The number of urea groups is 1. The fourth-order valence-electron chi connectivity index (χ4n) is 2.00. The van der Waals surface area contributed by atoms with Gasteiger partial charge in [-0.1, -0.05) is 17.7 Å². The second-order valence-corrected chi connectivity index (χ2v) is 7.00. The summed E-state index contributed by atoms with van der Waals surface area (Å²) < 4.78 is 5.68. The van der Waals surface area contributed by atoms with Crippen LogP contribution >= 0.6 is 11.3 Å². The van der Waals surface area contributed by atoms with Crippen LogP contribution in [0.5, 0.6) is 5.75 Å². The van der Waals surface area contributed by atoms with E-state index < -0.39 is 0 Å². The first-order valence-corrected chi connectivity index (χ1v) is 8.38. The Balaban J connectivity index is 1.76. The molecule has 2 amide bonds. The Bertz CT molecular complexity index is 640. The number of carbonyl (C=O) groups excluding carboxylic acids is 1. The molecular formula is C17H23N3O2S. The number of aromatic nitrogens is 1. The fourth-order valence-corrected chi connectivity index (χ4v) is 2.85. The van der Waals surface area contributed by atoms with E-state index in [9.17, 15) is 4.79 Å². The molecule has 0 spiro atoms. The Morgan fingerprint density at radius 1 is 1.35 bits per heavy atom. The molecule has 0 radical (unpaired) electrons. The minimum Gasteiger partial charge on any atom is -0.491 e. The standard InChI is InChI=1S/C17H23N3O2S/c1-12-5-7-15(8-6-12)22-11-13(2)19-17(21)20(4)10-16-9-18-14(3)23-16/h5-9,13H,10-11H2,1-4H3,(H,19,21). The van der Waals surface area contributed by atoms with E-state index in [1.54, 1.807) is 23.3 Å². The molecule has 6 heteroatoms. The molecule has 2 rings (SSSR count). The van der Waals surface area contributed by atoms with Gasteiger partial charge in [-0.05, 0) is 32.9 Å². The van der Waals surface area contributed by atoms with Gasteiger partial charge < -0.3 is 15.0 Å². The summed E-state index contributed by atoms with van der Waals surface area (Å²) in [5.41, 5.74) is 1.19. The van der Waals surface area contributed by atoms with Crippen molar-refractivity contribution in [1.29, 1.82) is 0 Å². The summed E-state index contributed by atoms with van der Waals surface area (Å²) in [7, 11) is 1.78. The third-order valence-corrected chi connectivity index (χ3v) is 4.20. The average molecular weight is 333 g/mol. The van der Waals surface area contributed by atoms with E-state index >= 15 is 0 Å². The molecule has 1 heterocycles. The van der Waals surface area contributed by atoms with E-state index in [2.05, 4.69) is 10.3 Å². The molecule has 1 aromatic carbocycles. The highest BCUT2D eigenvalue weighted by molar-refractivity contribution is 7.11. The Morgan fingerprint density at radius 3 is 2.65 bits per heavy atom. The van der Waals surface area contributed by atoms with Gasteiger partial charge in [-0.2, -0.15) is 0 Å². The highest BCUT2D eigenvalue weighted by Crippen LogP contribution is 2.14. The molecule has 23 heavy (non-hydrogen) atoms. The van der Waals surface area contributed by atoms with Gasteiger partial charge >= 0.3 is 6.03 Å². The molecule has 5 nitrogen and oxygen atoms in total. The first-order chi connectivity index (χ1) is 10.9. The number of nitrogens with zero attached hydrogens (tertiary/aromatic N) is 2. The molecule has 0 saturated heterocycles. The van der Waals surface area contributed by atoms with Crippen LogP contribution in [-0.4, -0.2) is 35.6 Å². The van der Waals surface area contributed by atoms with Gasteiger partial charge in [0.1, 0.15) is 12.4 Å². The predicted octanol–water partition coefficient (Wildman–Crippen LogP) is 3.37. The molecule has 2 aromatic rings. The maximum absolute atomic E-state index is 12.2. The van der Waals surface area contributed by atoms with Gasteiger partial charge in [0.15, 0.2) is 0 Å². The Hall–Kier alpha value is -2.08. The average Bonchev–Trinajstić information content (AvgIpc) is 2.91. The molecule has 1 N–H and O–H groups in total. The van der Waals surface area contributed by atoms with Crippen LogP contribution in [-0.2, 0) is 6.54 Å². The van der Waals surface area contributed by atoms with E-state index in [1.807, 2.05) is 51.2 Å². The Labute approximate surface area is 141 Å². The van der Waals surface area contributed by atoms with Crippen LogP contribution in [0.15, 0.2) is 30.5 Å². The minimum absolute atomic E-state index is 0.0746. The molecule has 0 bridgehead atoms. The first-order valence-electron chi connectivity index (χ1n) is 7.56. The zero-order valence-corrected chi connectivity index (χ0v) is 14.8. The van der Waals surface area contributed by atoms with Crippen molar-refractivity contribution in [2.45, 2.75) is 33.4 Å². The second kappa shape index (κ2) is 7.97. The van der Waals surface area contributed by atoms with E-state index in [1.165, 1.54) is 5.56 Å². The highest BCUT2D eigenvalue weighted by Gasteiger charge is 2.13. The molecule has 1 atom stereocenters. The lowest BCUT2D eigenvalue weighted by Crippen LogP contribution is -2.43. The number of hydrogen-bond donors (Lipinski definition) is 1. The number of benzene rings is 1. The SMILES string of the molecule is Cc1ccc(OCC(C)NC(=O)N(C)Cc2cnc(C)s2)cc1. The van der Waals surface area contributed by atoms with Gasteiger partial charge in [-0.15, -0.1) is 11.3 Å². The Kier molecular flexibility index (Phi) is 5.98. The zero-order valence-electron chi connectivity index (χ0n) is 14.0. The van der Waals surface area contributed by atoms with Crippen molar-refractivity contribution >= 4 is 17.4 Å². The van der Waals surface area contributed by atoms with Crippen LogP contribution in [0, 0.1) is 13.8 Å². The van der Waals surface area contributed by atoms with Gasteiger partial charge in [-0.25, -0.2) is 9.78 Å². The molecule has 0 aliphatic rings. The van der Waals surface area contributed by atoms with Crippen molar-refractivity contribution in [3.05, 3.63) is 45.9 Å². The number of ether oxygens (including phenoxy) is 1. The molecule has 0 aliphatic carbocycles.